The second kappa shape index (κ2) is 11.3. The van der Waals surface area contributed by atoms with Gasteiger partial charge in [-0.25, -0.2) is 0 Å². The molecular weight excluding hydrogens is 274 g/mol. The lowest BCUT2D eigenvalue weighted by Crippen LogP contribution is -1.96. The molecule has 3 nitrogen and oxygen atoms in total. The Hall–Kier alpha value is -1.58. The number of para-hydroxylation sites is 1. The Morgan fingerprint density at radius 1 is 1.10 bits per heavy atom. The van der Waals surface area contributed by atoms with Crippen molar-refractivity contribution >= 4 is 11.6 Å². The van der Waals surface area contributed by atoms with Crippen molar-refractivity contribution in [3.05, 3.63) is 60.4 Å². The second-order valence-corrected chi connectivity index (χ2v) is 4.42. The van der Waals surface area contributed by atoms with Crippen LogP contribution >= 0.6 is 11.6 Å². The molecule has 0 radical (unpaired) electrons. The average molecular weight is 294 g/mol. The van der Waals surface area contributed by atoms with Crippen LogP contribution in [-0.4, -0.2) is 29.2 Å². The molecular formula is C16H20ClNO2. The van der Waals surface area contributed by atoms with Gasteiger partial charge in [0.15, 0.2) is 0 Å². The van der Waals surface area contributed by atoms with Gasteiger partial charge in [-0.2, -0.15) is 0 Å². The molecule has 20 heavy (non-hydrogen) atoms. The molecule has 2 aromatic rings. The van der Waals surface area contributed by atoms with Gasteiger partial charge >= 0.3 is 0 Å². The van der Waals surface area contributed by atoms with Gasteiger partial charge in [0.05, 0.1) is 5.88 Å². The summed E-state index contributed by atoms with van der Waals surface area (Å²) in [4.78, 5) is 3.96. The van der Waals surface area contributed by atoms with Crippen LogP contribution in [-0.2, 0) is 6.42 Å². The van der Waals surface area contributed by atoms with Crippen molar-refractivity contribution in [3.63, 3.8) is 0 Å². The molecule has 1 aromatic heterocycles. The van der Waals surface area contributed by atoms with Crippen molar-refractivity contribution in [3.8, 4) is 5.75 Å². The smallest absolute Gasteiger partial charge is 0.119 e. The standard InChI is InChI=1S/C8H9ClO.C8H11NO/c9-6-7-10-8-4-2-1-3-5-8;10-6-2-4-8-3-1-5-9-7-8/h1-5H,6-7H2;1,3,5,7,10H,2,4,6H2. The number of aliphatic hydroxyl groups excluding tert-OH is 1. The van der Waals surface area contributed by atoms with Crippen LogP contribution in [0.5, 0.6) is 5.75 Å². The van der Waals surface area contributed by atoms with Crippen LogP contribution in [0.2, 0.25) is 0 Å². The second-order valence-electron chi connectivity index (χ2n) is 4.04. The normalized spacial score (nSPS) is 9.50. The number of hydrogen-bond donors (Lipinski definition) is 1. The highest BCUT2D eigenvalue weighted by molar-refractivity contribution is 6.17. The Kier molecular flexibility index (Phi) is 9.28. The van der Waals surface area contributed by atoms with E-state index < -0.39 is 0 Å². The van der Waals surface area contributed by atoms with Gasteiger partial charge in [-0.15, -0.1) is 11.6 Å². The molecule has 0 saturated heterocycles. The maximum atomic E-state index is 8.51. The number of benzene rings is 1. The first-order valence-corrected chi connectivity index (χ1v) is 7.14. The Bertz CT molecular complexity index is 393. The van der Waals surface area contributed by atoms with E-state index in [9.17, 15) is 0 Å². The summed E-state index contributed by atoms with van der Waals surface area (Å²) < 4.78 is 5.22. The third-order valence-corrected chi connectivity index (χ3v) is 2.59. The predicted octanol–water partition coefficient (Wildman–Crippen LogP) is 3.31. The molecule has 4 heteroatoms. The number of aryl methyl sites for hydroxylation is 1. The molecule has 0 bridgehead atoms. The first-order valence-electron chi connectivity index (χ1n) is 6.60. The highest BCUT2D eigenvalue weighted by Crippen LogP contribution is 2.07. The summed E-state index contributed by atoms with van der Waals surface area (Å²) in [6.07, 6.45) is 5.33. The molecule has 1 N–H and O–H groups in total. The Labute approximate surface area is 125 Å². The van der Waals surface area contributed by atoms with Crippen LogP contribution in [0.15, 0.2) is 54.9 Å². The summed E-state index contributed by atoms with van der Waals surface area (Å²) in [6, 6.07) is 13.6. The number of hydrogen-bond acceptors (Lipinski definition) is 3. The van der Waals surface area contributed by atoms with E-state index in [1.54, 1.807) is 6.20 Å². The molecule has 0 saturated carbocycles. The van der Waals surface area contributed by atoms with Crippen LogP contribution in [0.4, 0.5) is 0 Å². The lowest BCUT2D eigenvalue weighted by atomic mass is 10.2. The van der Waals surface area contributed by atoms with E-state index in [-0.39, 0.29) is 6.61 Å². The van der Waals surface area contributed by atoms with Gasteiger partial charge in [0.1, 0.15) is 12.4 Å². The van der Waals surface area contributed by atoms with Crippen LogP contribution in [0, 0.1) is 0 Å². The highest BCUT2D eigenvalue weighted by atomic mass is 35.5. The van der Waals surface area contributed by atoms with Gasteiger partial charge in [0.2, 0.25) is 0 Å². The lowest BCUT2D eigenvalue weighted by molar-refractivity contribution is 0.288. The Morgan fingerprint density at radius 3 is 2.50 bits per heavy atom. The summed E-state index contributed by atoms with van der Waals surface area (Å²) in [5.74, 6) is 1.41. The van der Waals surface area contributed by atoms with E-state index in [4.69, 9.17) is 21.4 Å². The van der Waals surface area contributed by atoms with Crippen molar-refractivity contribution in [2.75, 3.05) is 19.1 Å². The minimum atomic E-state index is 0.259. The van der Waals surface area contributed by atoms with Gasteiger partial charge in [0.25, 0.3) is 0 Å². The van der Waals surface area contributed by atoms with Crippen molar-refractivity contribution in [2.24, 2.45) is 0 Å². The fraction of sp³-hybridized carbons (Fsp3) is 0.312. The highest BCUT2D eigenvalue weighted by Gasteiger charge is 1.89. The van der Waals surface area contributed by atoms with Crippen LogP contribution in [0.25, 0.3) is 0 Å². The fourth-order valence-electron chi connectivity index (χ4n) is 1.50. The lowest BCUT2D eigenvalue weighted by Gasteiger charge is -2.00. The maximum absolute atomic E-state index is 8.51. The number of nitrogens with zero attached hydrogens (tertiary/aromatic N) is 1. The quantitative estimate of drug-likeness (QED) is 0.831. The van der Waals surface area contributed by atoms with Gasteiger partial charge < -0.3 is 9.84 Å². The van der Waals surface area contributed by atoms with E-state index in [0.717, 1.165) is 18.6 Å². The van der Waals surface area contributed by atoms with Gasteiger partial charge in [-0.05, 0) is 36.6 Å². The summed E-state index contributed by atoms with van der Waals surface area (Å²) in [6.45, 7) is 0.834. The van der Waals surface area contributed by atoms with Gasteiger partial charge in [-0.3, -0.25) is 4.98 Å². The fourth-order valence-corrected chi connectivity index (χ4v) is 1.58. The Morgan fingerprint density at radius 2 is 1.90 bits per heavy atom. The van der Waals surface area contributed by atoms with Crippen LogP contribution in [0.1, 0.15) is 12.0 Å². The maximum Gasteiger partial charge on any atom is 0.119 e. The van der Waals surface area contributed by atoms with E-state index >= 15 is 0 Å². The first-order chi connectivity index (χ1) is 9.86. The Balaban J connectivity index is 0.000000200. The minimum absolute atomic E-state index is 0.259. The SMILES string of the molecule is ClCCOc1ccccc1.OCCCc1cccnc1. The molecule has 0 amide bonds. The summed E-state index contributed by atoms with van der Waals surface area (Å²) >= 11 is 5.43. The third kappa shape index (κ3) is 7.77. The largest absolute Gasteiger partial charge is 0.492 e. The van der Waals surface area contributed by atoms with E-state index in [1.807, 2.05) is 48.7 Å². The average Bonchev–Trinajstić information content (AvgIpc) is 2.53. The number of alkyl halides is 1. The zero-order chi connectivity index (χ0) is 14.5. The molecule has 1 heterocycles. The number of pyridine rings is 1. The molecule has 108 valence electrons. The van der Waals surface area contributed by atoms with Gasteiger partial charge in [-0.1, -0.05) is 24.3 Å². The topological polar surface area (TPSA) is 42.4 Å². The molecule has 2 rings (SSSR count). The molecule has 0 aliphatic carbocycles. The summed E-state index contributed by atoms with van der Waals surface area (Å²) in [7, 11) is 0. The van der Waals surface area contributed by atoms with Crippen molar-refractivity contribution in [1.29, 1.82) is 0 Å². The minimum Gasteiger partial charge on any atom is -0.492 e. The number of rotatable bonds is 6. The van der Waals surface area contributed by atoms with E-state index in [2.05, 4.69) is 4.98 Å². The molecule has 1 aromatic carbocycles. The molecule has 0 unspecified atom stereocenters. The zero-order valence-electron chi connectivity index (χ0n) is 11.4. The van der Waals surface area contributed by atoms with E-state index in [1.165, 1.54) is 5.56 Å². The monoisotopic (exact) mass is 293 g/mol. The predicted molar refractivity (Wildman–Crippen MR) is 82.3 cm³/mol. The molecule has 0 atom stereocenters. The summed E-state index contributed by atoms with van der Waals surface area (Å²) in [5, 5.41) is 8.51. The van der Waals surface area contributed by atoms with Crippen LogP contribution in [0.3, 0.4) is 0 Å². The molecule has 0 fully saturated rings. The van der Waals surface area contributed by atoms with Crippen molar-refractivity contribution < 1.29 is 9.84 Å². The molecule has 0 aliphatic heterocycles. The van der Waals surface area contributed by atoms with Gasteiger partial charge in [0, 0.05) is 19.0 Å². The van der Waals surface area contributed by atoms with Crippen LogP contribution < -0.4 is 4.74 Å². The third-order valence-electron chi connectivity index (χ3n) is 2.44. The summed E-state index contributed by atoms with van der Waals surface area (Å²) in [5.41, 5.74) is 1.19. The number of aromatic nitrogens is 1. The van der Waals surface area contributed by atoms with Crippen molar-refractivity contribution in [2.45, 2.75) is 12.8 Å². The zero-order valence-corrected chi connectivity index (χ0v) is 12.2. The first kappa shape index (κ1) is 16.5. The number of halogens is 1. The molecule has 0 aliphatic rings. The number of ether oxygens (including phenoxy) is 1. The number of aliphatic hydroxyl groups is 1. The van der Waals surface area contributed by atoms with Crippen molar-refractivity contribution in [1.82, 2.24) is 4.98 Å². The molecule has 0 spiro atoms. The van der Waals surface area contributed by atoms with E-state index in [0.29, 0.717) is 12.5 Å².